The third-order valence-corrected chi connectivity index (χ3v) is 5.13. The van der Waals surface area contributed by atoms with Crippen molar-refractivity contribution in [2.24, 2.45) is 0 Å². The maximum absolute atomic E-state index is 12.0. The second-order valence-corrected chi connectivity index (χ2v) is 8.31. The molecular weight excluding hydrogens is 314 g/mol. The zero-order chi connectivity index (χ0) is 16.1. The van der Waals surface area contributed by atoms with Crippen molar-refractivity contribution in [3.63, 3.8) is 0 Å². The summed E-state index contributed by atoms with van der Waals surface area (Å²) in [6.07, 6.45) is 1.19. The molecule has 0 unspecified atom stereocenters. The maximum Gasteiger partial charge on any atom is 0.226 e. The predicted molar refractivity (Wildman–Crippen MR) is 93.8 cm³/mol. The molecule has 0 saturated carbocycles. The van der Waals surface area contributed by atoms with Gasteiger partial charge in [-0.2, -0.15) is 0 Å². The van der Waals surface area contributed by atoms with Gasteiger partial charge in [0, 0.05) is 11.7 Å². The van der Waals surface area contributed by atoms with Crippen molar-refractivity contribution >= 4 is 34.1 Å². The summed E-state index contributed by atoms with van der Waals surface area (Å²) in [4.78, 5) is 12.0. The molecule has 118 valence electrons. The van der Waals surface area contributed by atoms with Crippen LogP contribution in [0, 0.1) is 13.8 Å². The monoisotopic (exact) mass is 335 g/mol. The van der Waals surface area contributed by atoms with Crippen LogP contribution < -0.4 is 5.32 Å². The highest BCUT2D eigenvalue weighted by molar-refractivity contribution is 8.01. The summed E-state index contributed by atoms with van der Waals surface area (Å²) in [7, 11) is 0. The topological polar surface area (TPSA) is 54.9 Å². The van der Waals surface area contributed by atoms with Gasteiger partial charge in [-0.15, -0.1) is 10.2 Å². The fourth-order valence-electron chi connectivity index (χ4n) is 1.91. The number of anilines is 1. The van der Waals surface area contributed by atoms with Crippen LogP contribution >= 0.6 is 23.1 Å². The highest BCUT2D eigenvalue weighted by Crippen LogP contribution is 2.28. The third-order valence-electron chi connectivity index (χ3n) is 3.20. The Morgan fingerprint density at radius 3 is 2.73 bits per heavy atom. The minimum Gasteiger partial charge on any atom is -0.300 e. The summed E-state index contributed by atoms with van der Waals surface area (Å²) in [5.41, 5.74) is 3.72. The molecule has 4 nitrogen and oxygen atoms in total. The van der Waals surface area contributed by atoms with Crippen molar-refractivity contribution < 1.29 is 4.79 Å². The van der Waals surface area contributed by atoms with E-state index in [0.29, 0.717) is 16.8 Å². The SMILES string of the molecule is Cc1ccc(CCC(=O)Nc2nnc(SC(C)C)s2)cc1C. The van der Waals surface area contributed by atoms with E-state index in [1.54, 1.807) is 11.8 Å². The summed E-state index contributed by atoms with van der Waals surface area (Å²) >= 11 is 3.08. The first-order valence-corrected chi connectivity index (χ1v) is 9.00. The van der Waals surface area contributed by atoms with Crippen LogP contribution in [-0.2, 0) is 11.2 Å². The minimum absolute atomic E-state index is 0.0181. The molecule has 1 heterocycles. The van der Waals surface area contributed by atoms with E-state index in [2.05, 4.69) is 61.4 Å². The van der Waals surface area contributed by atoms with Crippen molar-refractivity contribution in [2.75, 3.05) is 5.32 Å². The van der Waals surface area contributed by atoms with Gasteiger partial charge < -0.3 is 5.32 Å². The highest BCUT2D eigenvalue weighted by atomic mass is 32.2. The number of hydrogen-bond donors (Lipinski definition) is 1. The highest BCUT2D eigenvalue weighted by Gasteiger charge is 2.10. The first kappa shape index (κ1) is 17.0. The largest absolute Gasteiger partial charge is 0.300 e. The fraction of sp³-hybridized carbons (Fsp3) is 0.438. The summed E-state index contributed by atoms with van der Waals surface area (Å²) in [5, 5.41) is 11.9. The van der Waals surface area contributed by atoms with Crippen molar-refractivity contribution in [3.8, 4) is 0 Å². The number of thioether (sulfide) groups is 1. The predicted octanol–water partition coefficient (Wildman–Crippen LogP) is 4.23. The van der Waals surface area contributed by atoms with Crippen molar-refractivity contribution in [2.45, 2.75) is 50.1 Å². The zero-order valence-electron chi connectivity index (χ0n) is 13.3. The van der Waals surface area contributed by atoms with Crippen molar-refractivity contribution in [1.82, 2.24) is 10.2 Å². The lowest BCUT2D eigenvalue weighted by atomic mass is 10.0. The van der Waals surface area contributed by atoms with Crippen LogP contribution in [0.4, 0.5) is 5.13 Å². The third kappa shape index (κ3) is 5.10. The number of carbonyl (C=O) groups excluding carboxylic acids is 1. The lowest BCUT2D eigenvalue weighted by Crippen LogP contribution is -2.12. The summed E-state index contributed by atoms with van der Waals surface area (Å²) in [5.74, 6) is -0.0181. The Bertz CT molecular complexity index is 653. The number of aromatic nitrogens is 2. The Kier molecular flexibility index (Phi) is 5.97. The van der Waals surface area contributed by atoms with E-state index in [0.717, 1.165) is 10.8 Å². The number of amides is 1. The Hall–Kier alpha value is -1.40. The molecule has 0 bridgehead atoms. The van der Waals surface area contributed by atoms with Crippen LogP contribution in [0.2, 0.25) is 0 Å². The van der Waals surface area contributed by atoms with Gasteiger partial charge in [0.2, 0.25) is 11.0 Å². The van der Waals surface area contributed by atoms with Gasteiger partial charge in [0.1, 0.15) is 0 Å². The summed E-state index contributed by atoms with van der Waals surface area (Å²) < 4.78 is 0.888. The molecule has 0 radical (unpaired) electrons. The average Bonchev–Trinajstić information content (AvgIpc) is 2.86. The van der Waals surface area contributed by atoms with E-state index in [4.69, 9.17) is 0 Å². The number of nitrogens with one attached hydrogen (secondary N) is 1. The molecule has 0 aliphatic carbocycles. The second kappa shape index (κ2) is 7.74. The number of hydrogen-bond acceptors (Lipinski definition) is 5. The van der Waals surface area contributed by atoms with Gasteiger partial charge >= 0.3 is 0 Å². The molecule has 0 aliphatic rings. The van der Waals surface area contributed by atoms with E-state index >= 15 is 0 Å². The van der Waals surface area contributed by atoms with Gasteiger partial charge in [0.25, 0.3) is 0 Å². The number of carbonyl (C=O) groups is 1. The molecule has 0 saturated heterocycles. The molecule has 6 heteroatoms. The van der Waals surface area contributed by atoms with Crippen LogP contribution in [0.25, 0.3) is 0 Å². The molecular formula is C16H21N3OS2. The molecule has 2 aromatic rings. The van der Waals surface area contributed by atoms with E-state index in [1.165, 1.54) is 28.0 Å². The first-order chi connectivity index (χ1) is 10.4. The number of benzene rings is 1. The molecule has 0 fully saturated rings. The standard InChI is InChI=1S/C16H21N3OS2/c1-10(2)21-16-19-18-15(22-16)17-14(20)8-7-13-6-5-11(3)12(4)9-13/h5-6,9-10H,7-8H2,1-4H3,(H,17,18,20). The van der Waals surface area contributed by atoms with Gasteiger partial charge in [0.05, 0.1) is 0 Å². The maximum atomic E-state index is 12.0. The Morgan fingerprint density at radius 1 is 1.27 bits per heavy atom. The van der Waals surface area contributed by atoms with Gasteiger partial charge in [-0.1, -0.05) is 55.1 Å². The quantitative estimate of drug-likeness (QED) is 0.634. The zero-order valence-corrected chi connectivity index (χ0v) is 15.0. The normalized spacial score (nSPS) is 11.0. The van der Waals surface area contributed by atoms with Crippen LogP contribution in [0.5, 0.6) is 0 Å². The summed E-state index contributed by atoms with van der Waals surface area (Å²) in [6, 6.07) is 6.33. The van der Waals surface area contributed by atoms with Crippen LogP contribution in [0.15, 0.2) is 22.5 Å². The molecule has 1 aromatic heterocycles. The van der Waals surface area contributed by atoms with Gasteiger partial charge in [-0.05, 0) is 37.0 Å². The Balaban J connectivity index is 1.84. The Labute approximate surface area is 139 Å². The molecule has 0 aliphatic heterocycles. The second-order valence-electron chi connectivity index (χ2n) is 5.51. The lowest BCUT2D eigenvalue weighted by molar-refractivity contribution is -0.116. The molecule has 1 amide bonds. The smallest absolute Gasteiger partial charge is 0.226 e. The van der Waals surface area contributed by atoms with Crippen molar-refractivity contribution in [3.05, 3.63) is 34.9 Å². The molecule has 2 rings (SSSR count). The van der Waals surface area contributed by atoms with Crippen LogP contribution in [-0.4, -0.2) is 21.4 Å². The average molecular weight is 335 g/mol. The van der Waals surface area contributed by atoms with E-state index < -0.39 is 0 Å². The summed E-state index contributed by atoms with van der Waals surface area (Å²) in [6.45, 7) is 8.39. The number of nitrogens with zero attached hydrogens (tertiary/aromatic N) is 2. The molecule has 1 aromatic carbocycles. The van der Waals surface area contributed by atoms with Crippen LogP contribution in [0.3, 0.4) is 0 Å². The lowest BCUT2D eigenvalue weighted by Gasteiger charge is -2.05. The van der Waals surface area contributed by atoms with Gasteiger partial charge in [0.15, 0.2) is 4.34 Å². The van der Waals surface area contributed by atoms with E-state index in [1.807, 2.05) is 0 Å². The number of rotatable bonds is 6. The van der Waals surface area contributed by atoms with Gasteiger partial charge in [-0.3, -0.25) is 4.79 Å². The van der Waals surface area contributed by atoms with E-state index in [-0.39, 0.29) is 5.91 Å². The first-order valence-electron chi connectivity index (χ1n) is 7.30. The van der Waals surface area contributed by atoms with Gasteiger partial charge in [-0.25, -0.2) is 0 Å². The number of aryl methyl sites for hydroxylation is 3. The Morgan fingerprint density at radius 2 is 2.05 bits per heavy atom. The van der Waals surface area contributed by atoms with Crippen molar-refractivity contribution in [1.29, 1.82) is 0 Å². The molecule has 22 heavy (non-hydrogen) atoms. The molecule has 1 N–H and O–H groups in total. The molecule has 0 spiro atoms. The van der Waals surface area contributed by atoms with E-state index in [9.17, 15) is 4.79 Å². The fourth-order valence-corrected chi connectivity index (χ4v) is 3.90. The molecule has 0 atom stereocenters. The van der Waals surface area contributed by atoms with Crippen LogP contribution in [0.1, 0.15) is 37.0 Å². The minimum atomic E-state index is -0.0181.